The van der Waals surface area contributed by atoms with E-state index in [1.54, 1.807) is 32.9 Å². The molecule has 0 saturated heterocycles. The number of carbonyl (C=O) groups is 2. The van der Waals surface area contributed by atoms with E-state index in [1.165, 1.54) is 6.92 Å². The molecule has 0 saturated carbocycles. The van der Waals surface area contributed by atoms with Gasteiger partial charge in [-0.2, -0.15) is 10.5 Å². The molecule has 0 aromatic heterocycles. The first-order chi connectivity index (χ1) is 9.66. The summed E-state index contributed by atoms with van der Waals surface area (Å²) in [7, 11) is 0. The van der Waals surface area contributed by atoms with E-state index in [-0.39, 0.29) is 11.1 Å². The van der Waals surface area contributed by atoms with Gasteiger partial charge < -0.3 is 15.2 Å². The number of aliphatic carboxylic acids is 1. The highest BCUT2D eigenvalue weighted by molar-refractivity contribution is 5.97. The number of dihydropyridines is 1. The Morgan fingerprint density at radius 3 is 2.14 bits per heavy atom. The number of carboxylic acids is 1. The van der Waals surface area contributed by atoms with E-state index >= 15 is 0 Å². The topological polar surface area (TPSA) is 123 Å². The standard InChI is InChI=1S/C14H15N3O4/c1-7-10(12(18)19)8(2)17-9(3)11(7)13(20)21-14(4,5-15)6-16/h7,17H,1-4H3,(H,18,19). The molecule has 0 spiro atoms. The molecule has 1 rings (SSSR count). The van der Waals surface area contributed by atoms with Gasteiger partial charge in [0.2, 0.25) is 0 Å². The van der Waals surface area contributed by atoms with Crippen LogP contribution in [0.4, 0.5) is 0 Å². The van der Waals surface area contributed by atoms with Crippen LogP contribution in [-0.4, -0.2) is 22.6 Å². The van der Waals surface area contributed by atoms with Crippen molar-refractivity contribution in [2.75, 3.05) is 0 Å². The van der Waals surface area contributed by atoms with Gasteiger partial charge in [0.15, 0.2) is 0 Å². The lowest BCUT2D eigenvalue weighted by molar-refractivity contribution is -0.145. The molecule has 0 fully saturated rings. The van der Waals surface area contributed by atoms with Crippen molar-refractivity contribution in [3.8, 4) is 12.1 Å². The minimum absolute atomic E-state index is 0.0446. The highest BCUT2D eigenvalue weighted by Crippen LogP contribution is 2.31. The van der Waals surface area contributed by atoms with E-state index in [2.05, 4.69) is 5.32 Å². The van der Waals surface area contributed by atoms with Crippen LogP contribution in [0.5, 0.6) is 0 Å². The maximum Gasteiger partial charge on any atom is 0.338 e. The number of esters is 1. The molecule has 1 aliphatic heterocycles. The molecule has 0 aliphatic carbocycles. The molecule has 0 aromatic rings. The molecule has 0 bridgehead atoms. The van der Waals surface area contributed by atoms with Gasteiger partial charge in [-0.25, -0.2) is 9.59 Å². The van der Waals surface area contributed by atoms with E-state index in [9.17, 15) is 14.7 Å². The monoisotopic (exact) mass is 289 g/mol. The summed E-state index contributed by atoms with van der Waals surface area (Å²) in [5.74, 6) is -2.74. The third-order valence-electron chi connectivity index (χ3n) is 3.22. The van der Waals surface area contributed by atoms with Gasteiger partial charge >= 0.3 is 11.9 Å². The van der Waals surface area contributed by atoms with Gasteiger partial charge in [0.25, 0.3) is 5.60 Å². The lowest BCUT2D eigenvalue weighted by Gasteiger charge is -2.27. The van der Waals surface area contributed by atoms with Gasteiger partial charge in [-0.05, 0) is 13.8 Å². The Bertz CT molecular complexity index is 632. The molecule has 1 aliphatic rings. The Hall–Kier alpha value is -2.80. The molecule has 0 aromatic carbocycles. The van der Waals surface area contributed by atoms with Crippen LogP contribution in [0.3, 0.4) is 0 Å². The first kappa shape index (κ1) is 16.3. The minimum Gasteiger partial charge on any atom is -0.478 e. The fraction of sp³-hybridized carbons (Fsp3) is 0.429. The van der Waals surface area contributed by atoms with E-state index < -0.39 is 23.5 Å². The van der Waals surface area contributed by atoms with Crippen LogP contribution >= 0.6 is 0 Å². The fourth-order valence-electron chi connectivity index (χ4n) is 2.20. The largest absolute Gasteiger partial charge is 0.478 e. The van der Waals surface area contributed by atoms with Crippen molar-refractivity contribution in [1.29, 1.82) is 10.5 Å². The predicted molar refractivity (Wildman–Crippen MR) is 71.1 cm³/mol. The third kappa shape index (κ3) is 3.03. The van der Waals surface area contributed by atoms with E-state index in [1.807, 2.05) is 0 Å². The predicted octanol–water partition coefficient (Wildman–Crippen LogP) is 1.21. The maximum atomic E-state index is 12.2. The number of ether oxygens (including phenoxy) is 1. The Kier molecular flexibility index (Phi) is 4.39. The molecular weight excluding hydrogens is 274 g/mol. The van der Waals surface area contributed by atoms with Crippen LogP contribution in [0.25, 0.3) is 0 Å². The zero-order valence-corrected chi connectivity index (χ0v) is 12.1. The van der Waals surface area contributed by atoms with Gasteiger partial charge in [-0.15, -0.1) is 0 Å². The Labute approximate surface area is 122 Å². The van der Waals surface area contributed by atoms with Crippen LogP contribution in [0.2, 0.25) is 0 Å². The van der Waals surface area contributed by atoms with Gasteiger partial charge in [0.1, 0.15) is 12.1 Å². The zero-order chi connectivity index (χ0) is 16.4. The Morgan fingerprint density at radius 1 is 1.24 bits per heavy atom. The van der Waals surface area contributed by atoms with Crippen LogP contribution in [0.1, 0.15) is 27.7 Å². The molecule has 2 N–H and O–H groups in total. The summed E-state index contributed by atoms with van der Waals surface area (Å²) in [6.07, 6.45) is 0. The average Bonchev–Trinajstić information content (AvgIpc) is 2.37. The minimum atomic E-state index is -1.91. The number of hydrogen-bond acceptors (Lipinski definition) is 6. The molecule has 1 unspecified atom stereocenters. The SMILES string of the molecule is CC1=C(C(=O)O)C(C)C(C(=O)OC(C)(C#N)C#N)=C(C)N1. The van der Waals surface area contributed by atoms with Crippen LogP contribution in [0, 0.1) is 28.6 Å². The number of hydrogen-bond donors (Lipinski definition) is 2. The van der Waals surface area contributed by atoms with Crippen LogP contribution < -0.4 is 5.32 Å². The number of rotatable bonds is 3. The first-order valence-electron chi connectivity index (χ1n) is 6.14. The van der Waals surface area contributed by atoms with Crippen molar-refractivity contribution in [2.45, 2.75) is 33.3 Å². The number of nitriles is 2. The number of allylic oxidation sites excluding steroid dienone is 2. The van der Waals surface area contributed by atoms with Crippen molar-refractivity contribution in [3.05, 3.63) is 22.5 Å². The van der Waals surface area contributed by atoms with Crippen molar-refractivity contribution in [2.24, 2.45) is 5.92 Å². The summed E-state index contributed by atoms with van der Waals surface area (Å²) in [6, 6.07) is 3.19. The number of nitrogens with one attached hydrogen (secondary N) is 1. The molecule has 110 valence electrons. The highest BCUT2D eigenvalue weighted by atomic mass is 16.6. The molecule has 21 heavy (non-hydrogen) atoms. The molecule has 0 radical (unpaired) electrons. The quantitative estimate of drug-likeness (QED) is 0.748. The molecule has 1 heterocycles. The summed E-state index contributed by atoms with van der Waals surface area (Å²) in [6.45, 7) is 5.93. The molecule has 0 amide bonds. The van der Waals surface area contributed by atoms with Crippen LogP contribution in [-0.2, 0) is 14.3 Å². The summed E-state index contributed by atoms with van der Waals surface area (Å²) in [5, 5.41) is 29.7. The maximum absolute atomic E-state index is 12.2. The molecule has 7 nitrogen and oxygen atoms in total. The highest BCUT2D eigenvalue weighted by Gasteiger charge is 2.37. The second-order valence-corrected chi connectivity index (χ2v) is 4.88. The van der Waals surface area contributed by atoms with Crippen molar-refractivity contribution >= 4 is 11.9 Å². The van der Waals surface area contributed by atoms with Gasteiger partial charge in [-0.1, -0.05) is 6.92 Å². The summed E-state index contributed by atoms with van der Waals surface area (Å²) < 4.78 is 4.91. The number of carboxylic acid groups (broad SMARTS) is 1. The lowest BCUT2D eigenvalue weighted by Crippen LogP contribution is -2.35. The van der Waals surface area contributed by atoms with Gasteiger partial charge in [-0.3, -0.25) is 0 Å². The summed E-state index contributed by atoms with van der Waals surface area (Å²) in [4.78, 5) is 23.5. The Morgan fingerprint density at radius 2 is 1.71 bits per heavy atom. The summed E-state index contributed by atoms with van der Waals surface area (Å²) in [5.41, 5.74) is -0.901. The average molecular weight is 289 g/mol. The van der Waals surface area contributed by atoms with E-state index in [0.29, 0.717) is 11.4 Å². The molecular formula is C14H15N3O4. The second kappa shape index (κ2) is 5.68. The molecule has 1 atom stereocenters. The van der Waals surface area contributed by atoms with Gasteiger partial charge in [0, 0.05) is 24.2 Å². The second-order valence-electron chi connectivity index (χ2n) is 4.88. The number of carbonyl (C=O) groups excluding carboxylic acids is 1. The van der Waals surface area contributed by atoms with Crippen molar-refractivity contribution < 1.29 is 19.4 Å². The molecule has 7 heteroatoms. The lowest BCUT2D eigenvalue weighted by atomic mass is 9.87. The van der Waals surface area contributed by atoms with E-state index in [4.69, 9.17) is 15.3 Å². The smallest absolute Gasteiger partial charge is 0.338 e. The first-order valence-corrected chi connectivity index (χ1v) is 6.14. The summed E-state index contributed by atoms with van der Waals surface area (Å²) >= 11 is 0. The third-order valence-corrected chi connectivity index (χ3v) is 3.22. The van der Waals surface area contributed by atoms with Crippen molar-refractivity contribution in [3.63, 3.8) is 0 Å². The number of nitrogens with zero attached hydrogens (tertiary/aromatic N) is 2. The fourth-order valence-corrected chi connectivity index (χ4v) is 2.20. The van der Waals surface area contributed by atoms with Gasteiger partial charge in [0.05, 0.1) is 11.1 Å². The van der Waals surface area contributed by atoms with Crippen LogP contribution in [0.15, 0.2) is 22.5 Å². The normalized spacial score (nSPS) is 18.5. The van der Waals surface area contributed by atoms with E-state index in [0.717, 1.165) is 0 Å². The van der Waals surface area contributed by atoms with Crippen molar-refractivity contribution in [1.82, 2.24) is 5.32 Å². The Balaban J connectivity index is 3.17. The zero-order valence-electron chi connectivity index (χ0n) is 12.1.